The molecular weight excluding hydrogens is 377 g/mol. The zero-order chi connectivity index (χ0) is 20.1. The van der Waals surface area contributed by atoms with Gasteiger partial charge >= 0.3 is 0 Å². The molecule has 0 aliphatic carbocycles. The molecule has 0 radical (unpaired) electrons. The first-order valence-electron chi connectivity index (χ1n) is 9.11. The molecule has 0 bridgehead atoms. The zero-order valence-corrected chi connectivity index (χ0v) is 16.5. The summed E-state index contributed by atoms with van der Waals surface area (Å²) in [5.41, 5.74) is 2.30. The zero-order valence-electron chi connectivity index (χ0n) is 15.8. The lowest BCUT2D eigenvalue weighted by Gasteiger charge is -2.15. The van der Waals surface area contributed by atoms with Crippen LogP contribution in [0.4, 0.5) is 4.39 Å². The van der Waals surface area contributed by atoms with Crippen LogP contribution in [-0.4, -0.2) is 20.8 Å². The number of benzene rings is 2. The topological polar surface area (TPSA) is 66.5 Å². The minimum Gasteiger partial charge on any atom is -0.308 e. The van der Waals surface area contributed by atoms with E-state index < -0.39 is 5.82 Å². The van der Waals surface area contributed by atoms with E-state index in [1.165, 1.54) is 12.1 Å². The van der Waals surface area contributed by atoms with Crippen LogP contribution in [0.25, 0.3) is 11.4 Å². The molecular formula is C21H21ClFN5. The van der Waals surface area contributed by atoms with E-state index in [0.29, 0.717) is 30.0 Å². The summed E-state index contributed by atoms with van der Waals surface area (Å²) in [6.07, 6.45) is 0.722. The Morgan fingerprint density at radius 3 is 2.82 bits per heavy atom. The molecule has 3 rings (SSSR count). The Bertz CT molecular complexity index is 1010. The standard InChI is InChI=1S/C21H21ClFN5/c1-3-20-26-21(17-7-8-18(22)19(23)10-17)27-28(20)13-14(2)25-12-16-6-4-5-15(9-16)11-24/h4-10,14,25H,3,12-13H2,1-2H3. The fourth-order valence-electron chi connectivity index (χ4n) is 2.91. The van der Waals surface area contributed by atoms with Gasteiger partial charge in [0.25, 0.3) is 0 Å². The van der Waals surface area contributed by atoms with Gasteiger partial charge in [-0.2, -0.15) is 10.4 Å². The van der Waals surface area contributed by atoms with Crippen LogP contribution in [0.5, 0.6) is 0 Å². The molecule has 3 aromatic rings. The third-order valence-corrected chi connectivity index (χ3v) is 4.71. The first kappa shape index (κ1) is 20.0. The van der Waals surface area contributed by atoms with Crippen LogP contribution in [0.1, 0.15) is 30.8 Å². The van der Waals surface area contributed by atoms with Crippen molar-refractivity contribution in [2.45, 2.75) is 39.4 Å². The van der Waals surface area contributed by atoms with Crippen LogP contribution in [0.2, 0.25) is 5.02 Å². The minimum atomic E-state index is -0.483. The van der Waals surface area contributed by atoms with Crippen molar-refractivity contribution in [1.29, 1.82) is 5.26 Å². The van der Waals surface area contributed by atoms with Crippen molar-refractivity contribution in [1.82, 2.24) is 20.1 Å². The van der Waals surface area contributed by atoms with Gasteiger partial charge in [0.1, 0.15) is 11.6 Å². The molecule has 0 fully saturated rings. The van der Waals surface area contributed by atoms with Crippen molar-refractivity contribution < 1.29 is 4.39 Å². The molecule has 0 saturated heterocycles. The van der Waals surface area contributed by atoms with Gasteiger partial charge in [-0.3, -0.25) is 0 Å². The minimum absolute atomic E-state index is 0.0807. The van der Waals surface area contributed by atoms with E-state index in [1.54, 1.807) is 12.1 Å². The number of hydrogen-bond donors (Lipinski definition) is 1. The fourth-order valence-corrected chi connectivity index (χ4v) is 3.02. The lowest BCUT2D eigenvalue weighted by atomic mass is 10.1. The second-order valence-electron chi connectivity index (χ2n) is 6.61. The molecule has 2 aromatic carbocycles. The highest BCUT2D eigenvalue weighted by molar-refractivity contribution is 6.30. The van der Waals surface area contributed by atoms with Gasteiger partial charge in [0.05, 0.1) is 23.2 Å². The Balaban J connectivity index is 1.70. The molecule has 0 aliphatic rings. The Labute approximate surface area is 168 Å². The van der Waals surface area contributed by atoms with Crippen molar-refractivity contribution in [2.24, 2.45) is 0 Å². The summed E-state index contributed by atoms with van der Waals surface area (Å²) in [5, 5.41) is 17.1. The largest absolute Gasteiger partial charge is 0.308 e. The van der Waals surface area contributed by atoms with Gasteiger partial charge in [-0.25, -0.2) is 14.1 Å². The number of aromatic nitrogens is 3. The third kappa shape index (κ3) is 4.75. The molecule has 7 heteroatoms. The second kappa shape index (κ2) is 8.96. The molecule has 1 atom stereocenters. The van der Waals surface area contributed by atoms with Crippen LogP contribution < -0.4 is 5.32 Å². The molecule has 1 unspecified atom stereocenters. The summed E-state index contributed by atoms with van der Waals surface area (Å²) >= 11 is 5.76. The van der Waals surface area contributed by atoms with E-state index in [4.69, 9.17) is 16.9 Å². The number of halogens is 2. The monoisotopic (exact) mass is 397 g/mol. The SMILES string of the molecule is CCc1nc(-c2ccc(Cl)c(F)c2)nn1CC(C)NCc1cccc(C#N)c1. The van der Waals surface area contributed by atoms with E-state index in [9.17, 15) is 4.39 Å². The lowest BCUT2D eigenvalue weighted by Crippen LogP contribution is -2.31. The van der Waals surface area contributed by atoms with E-state index in [2.05, 4.69) is 28.4 Å². The summed E-state index contributed by atoms with van der Waals surface area (Å²) in [6, 6.07) is 14.4. The fraction of sp³-hybridized carbons (Fsp3) is 0.286. The Kier molecular flexibility index (Phi) is 6.40. The van der Waals surface area contributed by atoms with E-state index >= 15 is 0 Å². The number of nitrogens with zero attached hydrogens (tertiary/aromatic N) is 4. The van der Waals surface area contributed by atoms with Crippen molar-refractivity contribution >= 4 is 11.6 Å². The Morgan fingerprint density at radius 2 is 2.11 bits per heavy atom. The second-order valence-corrected chi connectivity index (χ2v) is 7.02. The molecule has 0 amide bonds. The molecule has 0 aliphatic heterocycles. The Hall–Kier alpha value is -2.75. The van der Waals surface area contributed by atoms with Crippen molar-refractivity contribution in [3.05, 3.63) is 70.3 Å². The maximum absolute atomic E-state index is 13.8. The number of rotatable bonds is 7. The molecule has 28 heavy (non-hydrogen) atoms. The third-order valence-electron chi connectivity index (χ3n) is 4.40. The molecule has 1 heterocycles. The summed E-state index contributed by atoms with van der Waals surface area (Å²) in [6.45, 7) is 5.36. The summed E-state index contributed by atoms with van der Waals surface area (Å²) in [7, 11) is 0. The normalized spacial score (nSPS) is 12.0. The average molecular weight is 398 g/mol. The highest BCUT2D eigenvalue weighted by Crippen LogP contribution is 2.22. The van der Waals surface area contributed by atoms with Gasteiger partial charge in [-0.1, -0.05) is 30.7 Å². The first-order chi connectivity index (χ1) is 13.5. The van der Waals surface area contributed by atoms with Gasteiger partial charge in [-0.15, -0.1) is 0 Å². The molecule has 1 N–H and O–H groups in total. The summed E-state index contributed by atoms with van der Waals surface area (Å²) in [5.74, 6) is 0.843. The van der Waals surface area contributed by atoms with Crippen LogP contribution in [0.15, 0.2) is 42.5 Å². The molecule has 1 aromatic heterocycles. The number of nitrogens with one attached hydrogen (secondary N) is 1. The van der Waals surface area contributed by atoms with E-state index in [0.717, 1.165) is 17.8 Å². The van der Waals surface area contributed by atoms with Gasteiger partial charge < -0.3 is 5.32 Å². The van der Waals surface area contributed by atoms with Crippen LogP contribution in [0.3, 0.4) is 0 Å². The van der Waals surface area contributed by atoms with E-state index in [1.807, 2.05) is 29.8 Å². The Morgan fingerprint density at radius 1 is 1.29 bits per heavy atom. The summed E-state index contributed by atoms with van der Waals surface area (Å²) in [4.78, 5) is 4.54. The number of aryl methyl sites for hydroxylation is 1. The van der Waals surface area contributed by atoms with Gasteiger partial charge in [-0.05, 0) is 42.8 Å². The quantitative estimate of drug-likeness (QED) is 0.643. The van der Waals surface area contributed by atoms with E-state index in [-0.39, 0.29) is 11.1 Å². The van der Waals surface area contributed by atoms with Crippen molar-refractivity contribution in [3.8, 4) is 17.5 Å². The van der Waals surface area contributed by atoms with Crippen molar-refractivity contribution in [2.75, 3.05) is 0 Å². The predicted octanol–water partition coefficient (Wildman–Crippen LogP) is 4.35. The van der Waals surface area contributed by atoms with Crippen LogP contribution in [-0.2, 0) is 19.5 Å². The average Bonchev–Trinajstić information content (AvgIpc) is 3.11. The maximum Gasteiger partial charge on any atom is 0.181 e. The molecule has 0 saturated carbocycles. The summed E-state index contributed by atoms with van der Waals surface area (Å²) < 4.78 is 15.6. The smallest absolute Gasteiger partial charge is 0.181 e. The highest BCUT2D eigenvalue weighted by Gasteiger charge is 2.14. The maximum atomic E-state index is 13.8. The molecule has 5 nitrogen and oxygen atoms in total. The number of hydrogen-bond acceptors (Lipinski definition) is 4. The first-order valence-corrected chi connectivity index (χ1v) is 9.49. The highest BCUT2D eigenvalue weighted by atomic mass is 35.5. The van der Waals surface area contributed by atoms with Gasteiger partial charge in [0.2, 0.25) is 0 Å². The van der Waals surface area contributed by atoms with Crippen LogP contribution >= 0.6 is 11.6 Å². The molecule has 144 valence electrons. The number of nitriles is 1. The van der Waals surface area contributed by atoms with Gasteiger partial charge in [0, 0.05) is 24.6 Å². The van der Waals surface area contributed by atoms with Gasteiger partial charge in [0.15, 0.2) is 5.82 Å². The lowest BCUT2D eigenvalue weighted by molar-refractivity contribution is 0.441. The van der Waals surface area contributed by atoms with Crippen LogP contribution in [0, 0.1) is 17.1 Å². The van der Waals surface area contributed by atoms with Crippen molar-refractivity contribution in [3.63, 3.8) is 0 Å². The molecule has 0 spiro atoms. The predicted molar refractivity (Wildman–Crippen MR) is 107 cm³/mol.